The number of halogens is 1. The number of thiophene rings is 1. The molecular weight excluding hydrogens is 577 g/mol. The van der Waals surface area contributed by atoms with Crippen molar-refractivity contribution in [3.05, 3.63) is 115 Å². The molecule has 0 radical (unpaired) electrons. The van der Waals surface area contributed by atoms with Crippen LogP contribution in [0.2, 0.25) is 0 Å². The number of anilines is 1. The smallest absolute Gasteiger partial charge is 0.338 e. The van der Waals surface area contributed by atoms with Crippen LogP contribution in [0.3, 0.4) is 0 Å². The summed E-state index contributed by atoms with van der Waals surface area (Å²) in [6, 6.07) is 14.6. The first-order valence-corrected chi connectivity index (χ1v) is 14.5. The van der Waals surface area contributed by atoms with E-state index in [2.05, 4.69) is 0 Å². The van der Waals surface area contributed by atoms with Gasteiger partial charge in [0.2, 0.25) is 0 Å². The summed E-state index contributed by atoms with van der Waals surface area (Å²) in [5.74, 6) is -5.83. The minimum atomic E-state index is -1.24. The Morgan fingerprint density at radius 3 is 2.42 bits per heavy atom. The number of non-ortho nitro benzene ring substituents is 1. The number of nitro groups is 1. The number of ether oxygens (including phenoxy) is 2. The Labute approximate surface area is 250 Å². The van der Waals surface area contributed by atoms with Crippen molar-refractivity contribution in [1.29, 1.82) is 0 Å². The highest BCUT2D eigenvalue weighted by molar-refractivity contribution is 7.10. The number of hydrogen-bond acceptors (Lipinski definition) is 10. The molecule has 3 atom stereocenters. The number of benzene rings is 2. The summed E-state index contributed by atoms with van der Waals surface area (Å²) < 4.78 is 25.3. The summed E-state index contributed by atoms with van der Waals surface area (Å²) in [7, 11) is 0. The third-order valence-electron chi connectivity index (χ3n) is 7.48. The third kappa shape index (κ3) is 5.41. The average molecular weight is 606 g/mol. The zero-order valence-electron chi connectivity index (χ0n) is 23.3. The van der Waals surface area contributed by atoms with E-state index in [4.69, 9.17) is 15.2 Å². The van der Waals surface area contributed by atoms with E-state index >= 15 is 0 Å². The maximum atomic E-state index is 14.6. The van der Waals surface area contributed by atoms with Gasteiger partial charge in [-0.1, -0.05) is 18.2 Å². The zero-order valence-corrected chi connectivity index (χ0v) is 24.1. The maximum absolute atomic E-state index is 14.6. The molecule has 0 spiro atoms. The lowest BCUT2D eigenvalue weighted by Crippen LogP contribution is -2.46. The van der Waals surface area contributed by atoms with Crippen molar-refractivity contribution in [2.45, 2.75) is 32.1 Å². The van der Waals surface area contributed by atoms with Crippen LogP contribution in [0.4, 0.5) is 15.8 Å². The quantitative estimate of drug-likeness (QED) is 0.156. The Balaban J connectivity index is 1.81. The number of carbonyl (C=O) groups is 3. The van der Waals surface area contributed by atoms with Gasteiger partial charge in [-0.3, -0.25) is 24.6 Å². The standard InChI is InChI=1S/C31H28FN3O7S/c1-3-41-30(37)25-21(23-9-6-14-43-23)16-22-26(28(25)36)24(17-7-5-8-18(32)15-17)27(31(38)42-4-2)29(33)34(22)19-10-12-20(13-11-19)35(39)40/h5-15,21,24-25H,3-4,16,33H2,1-2H3/t21-,24-,25-/m0/s1. The molecule has 12 heteroatoms. The summed E-state index contributed by atoms with van der Waals surface area (Å²) in [6.07, 6.45) is 0.130. The predicted molar refractivity (Wildman–Crippen MR) is 156 cm³/mol. The Morgan fingerprint density at radius 2 is 1.81 bits per heavy atom. The van der Waals surface area contributed by atoms with E-state index in [1.54, 1.807) is 19.9 Å². The summed E-state index contributed by atoms with van der Waals surface area (Å²) in [5.41, 5.74) is 7.55. The lowest BCUT2D eigenvalue weighted by atomic mass is 9.68. The predicted octanol–water partition coefficient (Wildman–Crippen LogP) is 5.32. The zero-order chi connectivity index (χ0) is 30.8. The van der Waals surface area contributed by atoms with Gasteiger partial charge in [0.1, 0.15) is 17.6 Å². The van der Waals surface area contributed by atoms with Crippen molar-refractivity contribution in [3.8, 4) is 0 Å². The number of nitrogens with two attached hydrogens (primary N) is 1. The maximum Gasteiger partial charge on any atom is 0.338 e. The fourth-order valence-electron chi connectivity index (χ4n) is 5.75. The van der Waals surface area contributed by atoms with Crippen LogP contribution in [-0.2, 0) is 23.9 Å². The van der Waals surface area contributed by atoms with Gasteiger partial charge in [0.05, 0.1) is 29.6 Å². The molecule has 1 aliphatic carbocycles. The first-order valence-electron chi connectivity index (χ1n) is 13.6. The Kier molecular flexibility index (Phi) is 8.40. The van der Waals surface area contributed by atoms with E-state index in [1.165, 1.54) is 58.7 Å². The Hall–Kier alpha value is -4.84. The minimum Gasteiger partial charge on any atom is -0.465 e. The van der Waals surface area contributed by atoms with Crippen molar-refractivity contribution >= 4 is 40.4 Å². The van der Waals surface area contributed by atoms with E-state index < -0.39 is 46.2 Å². The number of nitro benzene ring substituents is 1. The number of allylic oxidation sites excluding steroid dienone is 2. The van der Waals surface area contributed by atoms with Gasteiger partial charge in [0, 0.05) is 39.9 Å². The van der Waals surface area contributed by atoms with Crippen LogP contribution in [0.25, 0.3) is 0 Å². The van der Waals surface area contributed by atoms with Crippen LogP contribution in [0.1, 0.15) is 42.5 Å². The number of ketones is 1. The van der Waals surface area contributed by atoms with Crippen LogP contribution in [0, 0.1) is 21.8 Å². The lowest BCUT2D eigenvalue weighted by molar-refractivity contribution is -0.384. The SMILES string of the molecule is CCOC(=O)C1=C(N)N(c2ccc([N+](=O)[O-])cc2)C2=C(C(=O)[C@@H](C(=O)OCC)[C@H](c3cccs3)C2)[C@@H]1c1cccc(F)c1. The Morgan fingerprint density at radius 1 is 1.09 bits per heavy atom. The van der Waals surface area contributed by atoms with Crippen molar-refractivity contribution in [1.82, 2.24) is 0 Å². The molecule has 222 valence electrons. The second-order valence-corrected chi connectivity index (χ2v) is 10.9. The number of carbonyl (C=O) groups excluding carboxylic acids is 3. The van der Waals surface area contributed by atoms with Crippen LogP contribution in [-0.4, -0.2) is 35.9 Å². The molecule has 0 saturated carbocycles. The highest BCUT2D eigenvalue weighted by Gasteiger charge is 2.51. The molecule has 0 unspecified atom stereocenters. The van der Waals surface area contributed by atoms with Gasteiger partial charge in [-0.25, -0.2) is 9.18 Å². The normalized spacial score (nSPS) is 20.1. The first kappa shape index (κ1) is 29.6. The first-order chi connectivity index (χ1) is 20.7. The molecule has 2 heterocycles. The number of hydrogen-bond donors (Lipinski definition) is 1. The van der Waals surface area contributed by atoms with Gasteiger partial charge >= 0.3 is 11.9 Å². The van der Waals surface area contributed by atoms with Crippen molar-refractivity contribution < 1.29 is 33.2 Å². The van der Waals surface area contributed by atoms with Gasteiger partial charge in [-0.2, -0.15) is 0 Å². The van der Waals surface area contributed by atoms with Gasteiger partial charge in [-0.15, -0.1) is 11.3 Å². The van der Waals surface area contributed by atoms with E-state index in [-0.39, 0.29) is 47.9 Å². The van der Waals surface area contributed by atoms with E-state index in [9.17, 15) is 28.9 Å². The van der Waals surface area contributed by atoms with E-state index in [0.29, 0.717) is 11.4 Å². The van der Waals surface area contributed by atoms with Crippen LogP contribution in [0.15, 0.2) is 88.7 Å². The number of rotatable bonds is 8. The molecule has 0 fully saturated rings. The molecule has 2 N–H and O–H groups in total. The van der Waals surface area contributed by atoms with Gasteiger partial charge in [0.25, 0.3) is 5.69 Å². The molecule has 3 aromatic rings. The highest BCUT2D eigenvalue weighted by Crippen LogP contribution is 2.52. The molecule has 43 heavy (non-hydrogen) atoms. The van der Waals surface area contributed by atoms with E-state index in [0.717, 1.165) is 4.88 Å². The van der Waals surface area contributed by atoms with Crippen LogP contribution in [0.5, 0.6) is 0 Å². The van der Waals surface area contributed by atoms with Crippen LogP contribution >= 0.6 is 11.3 Å². The second-order valence-electron chi connectivity index (χ2n) is 9.90. The second kappa shape index (κ2) is 12.2. The molecule has 2 aromatic carbocycles. The molecule has 1 aliphatic heterocycles. The Bertz CT molecular complexity index is 1650. The molecule has 0 amide bonds. The molecule has 5 rings (SSSR count). The van der Waals surface area contributed by atoms with Crippen molar-refractivity contribution in [2.75, 3.05) is 18.1 Å². The fourth-order valence-corrected chi connectivity index (χ4v) is 6.61. The van der Waals surface area contributed by atoms with Gasteiger partial charge in [-0.05, 0) is 61.5 Å². The van der Waals surface area contributed by atoms with E-state index in [1.807, 2.05) is 17.5 Å². The van der Waals surface area contributed by atoms with Gasteiger partial charge in [0.15, 0.2) is 5.78 Å². The summed E-state index contributed by atoms with van der Waals surface area (Å²) in [6.45, 7) is 3.30. The van der Waals surface area contributed by atoms with Crippen molar-refractivity contribution in [3.63, 3.8) is 0 Å². The largest absolute Gasteiger partial charge is 0.465 e. The molecule has 2 aliphatic rings. The molecule has 10 nitrogen and oxygen atoms in total. The number of Topliss-reactive ketones (excluding diaryl/α,β-unsaturated/α-hetero) is 1. The summed E-state index contributed by atoms with van der Waals surface area (Å²) in [5, 5.41) is 13.2. The fraction of sp³-hybridized carbons (Fsp3) is 0.258. The number of esters is 2. The minimum absolute atomic E-state index is 0.00519. The third-order valence-corrected chi connectivity index (χ3v) is 8.49. The summed E-state index contributed by atoms with van der Waals surface area (Å²) in [4.78, 5) is 54.7. The molecule has 1 aromatic heterocycles. The monoisotopic (exact) mass is 605 g/mol. The number of nitrogens with zero attached hydrogens (tertiary/aromatic N) is 2. The van der Waals surface area contributed by atoms with Crippen molar-refractivity contribution in [2.24, 2.45) is 11.7 Å². The molecule has 0 bridgehead atoms. The van der Waals surface area contributed by atoms with Crippen LogP contribution < -0.4 is 10.6 Å². The average Bonchev–Trinajstić information content (AvgIpc) is 3.52. The van der Waals surface area contributed by atoms with Gasteiger partial charge < -0.3 is 15.2 Å². The molecule has 0 saturated heterocycles. The topological polar surface area (TPSA) is 142 Å². The highest BCUT2D eigenvalue weighted by atomic mass is 32.1. The summed E-state index contributed by atoms with van der Waals surface area (Å²) >= 11 is 1.38. The molecular formula is C31H28FN3O7S. The lowest BCUT2D eigenvalue weighted by Gasteiger charge is -2.43.